The molecule has 2 aromatic carbocycles. The van der Waals surface area contributed by atoms with Crippen LogP contribution in [0.4, 0.5) is 0 Å². The number of aryl methyl sites for hydroxylation is 1. The summed E-state index contributed by atoms with van der Waals surface area (Å²) in [7, 11) is 1.65. The van der Waals surface area contributed by atoms with Crippen molar-refractivity contribution in [3.63, 3.8) is 0 Å². The van der Waals surface area contributed by atoms with Crippen LogP contribution in [-0.4, -0.2) is 12.9 Å². The van der Waals surface area contributed by atoms with E-state index in [9.17, 15) is 4.79 Å². The van der Waals surface area contributed by atoms with Gasteiger partial charge in [0.15, 0.2) is 5.78 Å². The molecule has 2 rings (SSSR count). The van der Waals surface area contributed by atoms with Crippen molar-refractivity contribution in [2.24, 2.45) is 0 Å². The van der Waals surface area contributed by atoms with Gasteiger partial charge in [0.25, 0.3) is 0 Å². The summed E-state index contributed by atoms with van der Waals surface area (Å²) >= 11 is 0. The first kappa shape index (κ1) is 12.4. The highest BCUT2D eigenvalue weighted by Crippen LogP contribution is 2.25. The maximum Gasteiger partial charge on any atom is 0.160 e. The van der Waals surface area contributed by atoms with E-state index in [1.54, 1.807) is 14.0 Å². The Kier molecular flexibility index (Phi) is 3.47. The molecule has 0 spiro atoms. The number of carbonyl (C=O) groups excluding carboxylic acids is 1. The predicted octanol–water partition coefficient (Wildman–Crippen LogP) is 3.87. The molecule has 0 bridgehead atoms. The highest BCUT2D eigenvalue weighted by atomic mass is 16.5. The average molecular weight is 240 g/mol. The first-order valence-corrected chi connectivity index (χ1v) is 5.88. The van der Waals surface area contributed by atoms with Gasteiger partial charge in [-0.05, 0) is 48.7 Å². The second-order valence-electron chi connectivity index (χ2n) is 4.32. The zero-order valence-corrected chi connectivity index (χ0v) is 10.9. The third-order valence-corrected chi connectivity index (χ3v) is 3.02. The van der Waals surface area contributed by atoms with Crippen LogP contribution in [0.1, 0.15) is 22.8 Å². The molecule has 0 aliphatic carbocycles. The summed E-state index contributed by atoms with van der Waals surface area (Å²) in [5.74, 6) is 0.912. The van der Waals surface area contributed by atoms with E-state index in [-0.39, 0.29) is 5.78 Å². The monoisotopic (exact) mass is 240 g/mol. The first-order chi connectivity index (χ1) is 8.61. The fraction of sp³-hybridized carbons (Fsp3) is 0.188. The van der Waals surface area contributed by atoms with Crippen molar-refractivity contribution in [2.75, 3.05) is 7.11 Å². The topological polar surface area (TPSA) is 26.3 Å². The van der Waals surface area contributed by atoms with E-state index in [0.717, 1.165) is 28.0 Å². The fourth-order valence-electron chi connectivity index (χ4n) is 1.98. The average Bonchev–Trinajstić information content (AvgIpc) is 2.39. The molecule has 0 N–H and O–H groups in total. The second kappa shape index (κ2) is 5.05. The van der Waals surface area contributed by atoms with Gasteiger partial charge in [-0.15, -0.1) is 0 Å². The Morgan fingerprint density at radius 2 is 1.78 bits per heavy atom. The number of benzene rings is 2. The first-order valence-electron chi connectivity index (χ1n) is 5.88. The maximum absolute atomic E-state index is 11.5. The normalized spacial score (nSPS) is 10.2. The van der Waals surface area contributed by atoms with E-state index in [4.69, 9.17) is 4.74 Å². The number of methoxy groups -OCH3 is 1. The number of ketones is 1. The van der Waals surface area contributed by atoms with Crippen LogP contribution in [0.5, 0.6) is 5.75 Å². The van der Waals surface area contributed by atoms with Crippen LogP contribution >= 0.6 is 0 Å². The molecular formula is C16H16O2. The van der Waals surface area contributed by atoms with Crippen molar-refractivity contribution in [3.8, 4) is 16.9 Å². The molecule has 2 heteroatoms. The number of hydrogen-bond donors (Lipinski definition) is 0. The summed E-state index contributed by atoms with van der Waals surface area (Å²) in [5.41, 5.74) is 3.87. The van der Waals surface area contributed by atoms with Gasteiger partial charge in [-0.1, -0.05) is 24.3 Å². The lowest BCUT2D eigenvalue weighted by atomic mass is 9.98. The maximum atomic E-state index is 11.5. The van der Waals surface area contributed by atoms with Gasteiger partial charge in [0, 0.05) is 5.56 Å². The molecule has 92 valence electrons. The summed E-state index contributed by atoms with van der Waals surface area (Å²) in [5, 5.41) is 0. The highest BCUT2D eigenvalue weighted by Gasteiger charge is 2.06. The van der Waals surface area contributed by atoms with Crippen LogP contribution in [0.3, 0.4) is 0 Å². The molecule has 0 aromatic heterocycles. The molecule has 2 aromatic rings. The van der Waals surface area contributed by atoms with Crippen LogP contribution in [0, 0.1) is 6.92 Å². The molecule has 0 aliphatic rings. The van der Waals surface area contributed by atoms with Gasteiger partial charge < -0.3 is 4.74 Å². The zero-order chi connectivity index (χ0) is 13.1. The number of carbonyl (C=O) groups is 1. The van der Waals surface area contributed by atoms with Crippen LogP contribution in [0.25, 0.3) is 11.1 Å². The van der Waals surface area contributed by atoms with Gasteiger partial charge in [-0.2, -0.15) is 0 Å². The molecule has 0 aliphatic heterocycles. The summed E-state index contributed by atoms with van der Waals surface area (Å²) in [6.45, 7) is 3.55. The van der Waals surface area contributed by atoms with Gasteiger partial charge in [-0.25, -0.2) is 0 Å². The third-order valence-electron chi connectivity index (χ3n) is 3.02. The van der Waals surface area contributed by atoms with Gasteiger partial charge in [0.1, 0.15) is 5.75 Å². The Hall–Kier alpha value is -2.09. The van der Waals surface area contributed by atoms with E-state index < -0.39 is 0 Å². The molecule has 2 nitrogen and oxygen atoms in total. The Morgan fingerprint density at radius 1 is 1.06 bits per heavy atom. The quantitative estimate of drug-likeness (QED) is 0.761. The molecule has 0 atom stereocenters. The molecule has 0 amide bonds. The van der Waals surface area contributed by atoms with Crippen molar-refractivity contribution in [1.82, 2.24) is 0 Å². The largest absolute Gasteiger partial charge is 0.497 e. The summed E-state index contributed by atoms with van der Waals surface area (Å²) in [6.07, 6.45) is 0. The smallest absolute Gasteiger partial charge is 0.160 e. The van der Waals surface area contributed by atoms with Gasteiger partial charge in [0.05, 0.1) is 7.11 Å². The fourth-order valence-corrected chi connectivity index (χ4v) is 1.98. The van der Waals surface area contributed by atoms with Crippen molar-refractivity contribution in [1.29, 1.82) is 0 Å². The Labute approximate surface area is 107 Å². The van der Waals surface area contributed by atoms with Crippen molar-refractivity contribution >= 4 is 5.78 Å². The van der Waals surface area contributed by atoms with Crippen LogP contribution in [-0.2, 0) is 0 Å². The number of ether oxygens (including phenoxy) is 1. The SMILES string of the molecule is COc1cccc(-c2ccc(C)c(C(C)=O)c2)c1. The van der Waals surface area contributed by atoms with Gasteiger partial charge >= 0.3 is 0 Å². The number of Topliss-reactive ketones (excluding diaryl/α,β-unsaturated/α-hetero) is 1. The minimum absolute atomic E-state index is 0.0947. The lowest BCUT2D eigenvalue weighted by Gasteiger charge is -2.08. The molecule has 0 fully saturated rings. The van der Waals surface area contributed by atoms with E-state index in [2.05, 4.69) is 0 Å². The second-order valence-corrected chi connectivity index (χ2v) is 4.32. The molecule has 0 unspecified atom stereocenters. The predicted molar refractivity (Wildman–Crippen MR) is 73.2 cm³/mol. The van der Waals surface area contributed by atoms with Gasteiger partial charge in [0.2, 0.25) is 0 Å². The van der Waals surface area contributed by atoms with E-state index in [0.29, 0.717) is 0 Å². The van der Waals surface area contributed by atoms with E-state index in [1.807, 2.05) is 49.4 Å². The number of rotatable bonds is 3. The Balaban J connectivity index is 2.50. The molecule has 0 radical (unpaired) electrons. The van der Waals surface area contributed by atoms with E-state index >= 15 is 0 Å². The van der Waals surface area contributed by atoms with Crippen molar-refractivity contribution in [2.45, 2.75) is 13.8 Å². The van der Waals surface area contributed by atoms with Crippen LogP contribution in [0.2, 0.25) is 0 Å². The zero-order valence-electron chi connectivity index (χ0n) is 10.9. The molecule has 0 saturated carbocycles. The highest BCUT2D eigenvalue weighted by molar-refractivity contribution is 5.96. The van der Waals surface area contributed by atoms with Crippen molar-refractivity contribution in [3.05, 3.63) is 53.6 Å². The van der Waals surface area contributed by atoms with Crippen LogP contribution in [0.15, 0.2) is 42.5 Å². The minimum atomic E-state index is 0.0947. The minimum Gasteiger partial charge on any atom is -0.497 e. The summed E-state index contributed by atoms with van der Waals surface area (Å²) in [4.78, 5) is 11.5. The van der Waals surface area contributed by atoms with Gasteiger partial charge in [-0.3, -0.25) is 4.79 Å². The van der Waals surface area contributed by atoms with Crippen LogP contribution < -0.4 is 4.74 Å². The lowest BCUT2D eigenvalue weighted by Crippen LogP contribution is -1.96. The Morgan fingerprint density at radius 3 is 2.44 bits per heavy atom. The summed E-state index contributed by atoms with van der Waals surface area (Å²) < 4.78 is 5.21. The molecule has 18 heavy (non-hydrogen) atoms. The molecular weight excluding hydrogens is 224 g/mol. The lowest BCUT2D eigenvalue weighted by molar-refractivity contribution is 0.101. The number of hydrogen-bond acceptors (Lipinski definition) is 2. The summed E-state index contributed by atoms with van der Waals surface area (Å²) in [6, 6.07) is 13.8. The molecule has 0 heterocycles. The standard InChI is InChI=1S/C16H16O2/c1-11-7-8-14(10-16(11)12(2)17)13-5-4-6-15(9-13)18-3/h4-10H,1-3H3. The Bertz CT molecular complexity index is 585. The van der Waals surface area contributed by atoms with Crippen molar-refractivity contribution < 1.29 is 9.53 Å². The third kappa shape index (κ3) is 2.43. The van der Waals surface area contributed by atoms with E-state index in [1.165, 1.54) is 0 Å². The molecule has 0 saturated heterocycles.